The number of fused-ring (bicyclic) bond motifs is 4. The normalized spacial score (nSPS) is 22.7. The van der Waals surface area contributed by atoms with Crippen molar-refractivity contribution in [1.82, 2.24) is 15.1 Å². The van der Waals surface area contributed by atoms with E-state index in [1.54, 1.807) is 0 Å². The maximum absolute atomic E-state index is 13.0. The first kappa shape index (κ1) is 19.3. The monoisotopic (exact) mass is 391 g/mol. The number of H-pyrrole nitrogens is 1. The molecule has 3 aliphatic rings. The zero-order chi connectivity index (χ0) is 20.2. The second-order valence-corrected chi connectivity index (χ2v) is 7.83. The number of rotatable bonds is 4. The van der Waals surface area contributed by atoms with Gasteiger partial charge in [-0.05, 0) is 61.0 Å². The van der Waals surface area contributed by atoms with Crippen LogP contribution in [-0.4, -0.2) is 52.1 Å². The van der Waals surface area contributed by atoms with Gasteiger partial charge in [0.25, 0.3) is 6.47 Å². The molecule has 29 heavy (non-hydrogen) atoms. The van der Waals surface area contributed by atoms with Crippen LogP contribution in [0.2, 0.25) is 0 Å². The van der Waals surface area contributed by atoms with Crippen LogP contribution in [0.3, 0.4) is 0 Å². The Morgan fingerprint density at radius 1 is 1.14 bits per heavy atom. The number of carbonyl (C=O) groups excluding carboxylic acids is 1. The van der Waals surface area contributed by atoms with E-state index in [4.69, 9.17) is 9.90 Å². The van der Waals surface area contributed by atoms with E-state index >= 15 is 0 Å². The number of carboxylic acid groups (broad SMARTS) is 1. The number of Topliss-reactive ketones (excluding diaryl/α,β-unsaturated/α-hetero) is 1. The molecule has 0 amide bonds. The molecule has 6 nitrogen and oxygen atoms in total. The fourth-order valence-corrected chi connectivity index (χ4v) is 4.69. The first-order valence-electron chi connectivity index (χ1n) is 10.1. The van der Waals surface area contributed by atoms with Gasteiger partial charge in [0.2, 0.25) is 0 Å². The van der Waals surface area contributed by atoms with E-state index in [1.807, 2.05) is 24.3 Å². The van der Waals surface area contributed by atoms with E-state index in [1.165, 1.54) is 25.9 Å². The molecule has 0 radical (unpaired) electrons. The van der Waals surface area contributed by atoms with Crippen LogP contribution in [0, 0.1) is 11.8 Å². The van der Waals surface area contributed by atoms with Crippen LogP contribution in [0.1, 0.15) is 29.8 Å². The molecule has 3 saturated heterocycles. The summed E-state index contributed by atoms with van der Waals surface area (Å²) in [5, 5.41) is 15.2. The van der Waals surface area contributed by atoms with Crippen molar-refractivity contribution in [3.05, 3.63) is 54.2 Å². The average Bonchev–Trinajstić information content (AvgIpc) is 3.19. The maximum atomic E-state index is 13.0. The Kier molecular flexibility index (Phi) is 5.71. The molecule has 3 aromatic rings. The van der Waals surface area contributed by atoms with E-state index < -0.39 is 0 Å². The Bertz CT molecular complexity index is 991. The minimum atomic E-state index is -0.250. The van der Waals surface area contributed by atoms with Gasteiger partial charge in [-0.1, -0.05) is 36.4 Å². The molecular weight excluding hydrogens is 366 g/mol. The predicted molar refractivity (Wildman–Crippen MR) is 112 cm³/mol. The smallest absolute Gasteiger partial charge is 0.290 e. The molecular formula is C23H25N3O3. The van der Waals surface area contributed by atoms with Crippen LogP contribution in [-0.2, 0) is 4.79 Å². The second kappa shape index (κ2) is 8.57. The molecule has 0 unspecified atom stereocenters. The highest BCUT2D eigenvalue weighted by molar-refractivity contribution is 6.06. The lowest BCUT2D eigenvalue weighted by atomic mass is 9.76. The number of hydrogen-bond acceptors (Lipinski definition) is 4. The Hall–Kier alpha value is -2.99. The first-order valence-corrected chi connectivity index (χ1v) is 10.1. The largest absolute Gasteiger partial charge is 0.483 e. The molecule has 2 aromatic carbocycles. The van der Waals surface area contributed by atoms with Crippen molar-refractivity contribution >= 4 is 23.2 Å². The third-order valence-electron chi connectivity index (χ3n) is 6.17. The van der Waals surface area contributed by atoms with Crippen LogP contribution in [0.5, 0.6) is 0 Å². The van der Waals surface area contributed by atoms with Gasteiger partial charge in [-0.2, -0.15) is 5.10 Å². The third-order valence-corrected chi connectivity index (χ3v) is 6.17. The van der Waals surface area contributed by atoms with Crippen LogP contribution >= 0.6 is 0 Å². The van der Waals surface area contributed by atoms with Gasteiger partial charge >= 0.3 is 0 Å². The van der Waals surface area contributed by atoms with E-state index in [0.717, 1.165) is 28.6 Å². The topological polar surface area (TPSA) is 86.3 Å². The van der Waals surface area contributed by atoms with Crippen LogP contribution in [0.25, 0.3) is 22.0 Å². The molecule has 0 spiro atoms. The van der Waals surface area contributed by atoms with E-state index in [2.05, 4.69) is 39.4 Å². The quantitative estimate of drug-likeness (QED) is 0.521. The summed E-state index contributed by atoms with van der Waals surface area (Å²) >= 11 is 0. The lowest BCUT2D eigenvalue weighted by Crippen LogP contribution is -2.47. The standard InChI is InChI=1S/C22H23N3O.CH2O2/c26-21(13-18-14-25-10-8-16(18)9-11-25)22-19-12-17(6-7-20(19)23-24-22)15-4-2-1-3-5-15;2-1-3/h1-7,12,16,18H,8-11,13-14H2,(H,23,24);1H,(H,2,3)/t18-;/m0./s1. The van der Waals surface area contributed by atoms with Crippen molar-refractivity contribution < 1.29 is 14.7 Å². The van der Waals surface area contributed by atoms with Gasteiger partial charge in [-0.15, -0.1) is 0 Å². The summed E-state index contributed by atoms with van der Waals surface area (Å²) in [6, 6.07) is 16.5. The third kappa shape index (κ3) is 4.07. The average molecular weight is 391 g/mol. The predicted octanol–water partition coefficient (Wildman–Crippen LogP) is 3.85. The van der Waals surface area contributed by atoms with Crippen molar-refractivity contribution in [3.63, 3.8) is 0 Å². The summed E-state index contributed by atoms with van der Waals surface area (Å²) in [6.45, 7) is 3.25. The van der Waals surface area contributed by atoms with Gasteiger partial charge in [0, 0.05) is 18.4 Å². The minimum absolute atomic E-state index is 0.181. The van der Waals surface area contributed by atoms with E-state index in [0.29, 0.717) is 24.0 Å². The van der Waals surface area contributed by atoms with Crippen molar-refractivity contribution in [2.75, 3.05) is 19.6 Å². The molecule has 1 atom stereocenters. The number of aromatic nitrogens is 2. The summed E-state index contributed by atoms with van der Waals surface area (Å²) < 4.78 is 0. The number of benzene rings is 2. The molecule has 6 rings (SSSR count). The van der Waals surface area contributed by atoms with Gasteiger partial charge in [0.15, 0.2) is 5.78 Å². The Morgan fingerprint density at radius 3 is 2.52 bits per heavy atom. The van der Waals surface area contributed by atoms with Gasteiger partial charge < -0.3 is 10.0 Å². The van der Waals surface area contributed by atoms with Gasteiger partial charge in [-0.3, -0.25) is 14.7 Å². The lowest BCUT2D eigenvalue weighted by molar-refractivity contribution is -0.122. The molecule has 0 saturated carbocycles. The zero-order valence-electron chi connectivity index (χ0n) is 16.3. The molecule has 4 heterocycles. The molecule has 1 aromatic heterocycles. The fourth-order valence-electron chi connectivity index (χ4n) is 4.69. The number of carbonyl (C=O) groups is 2. The molecule has 6 heteroatoms. The summed E-state index contributed by atoms with van der Waals surface area (Å²) in [5.74, 6) is 1.39. The van der Waals surface area contributed by atoms with Crippen LogP contribution in [0.4, 0.5) is 0 Å². The molecule has 3 fully saturated rings. The SMILES string of the molecule is O=C(C[C@H]1CN2CCC1CC2)c1n[nH]c2ccc(-c3ccccc3)cc12.O=CO. The molecule has 2 N–H and O–H groups in total. The number of aromatic amines is 1. The van der Waals surface area contributed by atoms with Crippen LogP contribution in [0.15, 0.2) is 48.5 Å². The van der Waals surface area contributed by atoms with Crippen molar-refractivity contribution in [2.45, 2.75) is 19.3 Å². The summed E-state index contributed by atoms with van der Waals surface area (Å²) in [5.41, 5.74) is 3.82. The molecule has 3 aliphatic heterocycles. The van der Waals surface area contributed by atoms with Gasteiger partial charge in [-0.25, -0.2) is 0 Å². The minimum Gasteiger partial charge on any atom is -0.483 e. The number of nitrogens with zero attached hydrogens (tertiary/aromatic N) is 2. The summed E-state index contributed by atoms with van der Waals surface area (Å²) in [7, 11) is 0. The summed E-state index contributed by atoms with van der Waals surface area (Å²) in [4.78, 5) is 23.9. The van der Waals surface area contributed by atoms with E-state index in [9.17, 15) is 4.79 Å². The van der Waals surface area contributed by atoms with Crippen molar-refractivity contribution in [3.8, 4) is 11.1 Å². The van der Waals surface area contributed by atoms with Gasteiger partial charge in [0.05, 0.1) is 5.52 Å². The van der Waals surface area contributed by atoms with Gasteiger partial charge in [0.1, 0.15) is 5.69 Å². The lowest BCUT2D eigenvalue weighted by Gasteiger charge is -2.44. The highest BCUT2D eigenvalue weighted by Crippen LogP contribution is 2.35. The maximum Gasteiger partial charge on any atom is 0.290 e. The second-order valence-electron chi connectivity index (χ2n) is 7.83. The first-order chi connectivity index (χ1) is 14.2. The highest BCUT2D eigenvalue weighted by atomic mass is 16.3. The molecule has 150 valence electrons. The fraction of sp³-hybridized carbons (Fsp3) is 0.348. The number of hydrogen-bond donors (Lipinski definition) is 2. The number of ketones is 1. The number of piperidine rings is 3. The Labute approximate surface area is 169 Å². The van der Waals surface area contributed by atoms with Crippen molar-refractivity contribution in [1.29, 1.82) is 0 Å². The Morgan fingerprint density at radius 2 is 1.86 bits per heavy atom. The van der Waals surface area contributed by atoms with Crippen molar-refractivity contribution in [2.24, 2.45) is 11.8 Å². The zero-order valence-corrected chi connectivity index (χ0v) is 16.3. The Balaban J connectivity index is 0.000000645. The van der Waals surface area contributed by atoms with E-state index in [-0.39, 0.29) is 12.3 Å². The number of nitrogens with one attached hydrogen (secondary N) is 1. The molecule has 2 bridgehead atoms. The highest BCUT2D eigenvalue weighted by Gasteiger charge is 2.35. The molecule has 0 aliphatic carbocycles. The van der Waals surface area contributed by atoms with Crippen LogP contribution < -0.4 is 0 Å². The summed E-state index contributed by atoms with van der Waals surface area (Å²) in [6.07, 6.45) is 3.12.